The van der Waals surface area contributed by atoms with E-state index < -0.39 is 11.7 Å². The summed E-state index contributed by atoms with van der Waals surface area (Å²) in [6, 6.07) is 15.5. The van der Waals surface area contributed by atoms with E-state index in [2.05, 4.69) is 22.1 Å². The fourth-order valence-corrected chi connectivity index (χ4v) is 4.76. The van der Waals surface area contributed by atoms with Crippen LogP contribution in [0.2, 0.25) is 0 Å². The lowest BCUT2D eigenvalue weighted by Crippen LogP contribution is -2.22. The molecule has 7 heteroatoms. The molecule has 4 rings (SSSR count). The molecule has 162 valence electrons. The van der Waals surface area contributed by atoms with Crippen LogP contribution < -0.4 is 5.56 Å². The second-order valence-electron chi connectivity index (χ2n) is 8.13. The summed E-state index contributed by atoms with van der Waals surface area (Å²) in [7, 11) is 0. The van der Waals surface area contributed by atoms with E-state index in [9.17, 15) is 18.0 Å². The van der Waals surface area contributed by atoms with Crippen LogP contribution in [0, 0.1) is 4.77 Å². The second kappa shape index (κ2) is 8.83. The molecule has 3 nitrogen and oxygen atoms in total. The van der Waals surface area contributed by atoms with Gasteiger partial charge in [-0.25, -0.2) is 0 Å². The standard InChI is InChI=1S/C24H23F3N2OS/c25-24(26,27)19-8-4-5-15(13-19)14-20-21(28-23(31)29-22(20)30)18-11-9-17(10-12-18)16-6-2-1-3-7-16/h1-8,13,17-18H,9-12,14H2,(H2,28,29,30,31)/t17-,18-. The quantitative estimate of drug-likeness (QED) is 0.452. The highest BCUT2D eigenvalue weighted by Gasteiger charge is 2.31. The Balaban J connectivity index is 1.60. The molecule has 0 radical (unpaired) electrons. The third-order valence-corrected chi connectivity index (χ3v) is 6.32. The first-order valence-electron chi connectivity index (χ1n) is 10.4. The van der Waals surface area contributed by atoms with E-state index in [1.807, 2.05) is 18.2 Å². The molecular formula is C24H23F3N2OS. The molecule has 0 saturated heterocycles. The molecule has 1 aliphatic carbocycles. The van der Waals surface area contributed by atoms with Gasteiger partial charge < -0.3 is 4.98 Å². The fraction of sp³-hybridized carbons (Fsp3) is 0.333. The summed E-state index contributed by atoms with van der Waals surface area (Å²) in [6.45, 7) is 0. The zero-order valence-electron chi connectivity index (χ0n) is 16.8. The van der Waals surface area contributed by atoms with E-state index in [0.29, 0.717) is 17.0 Å². The Hall–Kier alpha value is -2.67. The highest BCUT2D eigenvalue weighted by atomic mass is 32.1. The molecule has 1 heterocycles. The van der Waals surface area contributed by atoms with Gasteiger partial charge >= 0.3 is 6.18 Å². The number of nitrogens with one attached hydrogen (secondary N) is 2. The number of hydrogen-bond donors (Lipinski definition) is 2. The maximum absolute atomic E-state index is 13.1. The number of H-pyrrole nitrogens is 2. The number of benzene rings is 2. The Morgan fingerprint density at radius 2 is 1.58 bits per heavy atom. The van der Waals surface area contributed by atoms with Crippen LogP contribution in [0.3, 0.4) is 0 Å². The van der Waals surface area contributed by atoms with Gasteiger partial charge in [0, 0.05) is 17.7 Å². The first kappa shape index (κ1) is 21.6. The Kier molecular flexibility index (Phi) is 6.14. The van der Waals surface area contributed by atoms with Crippen LogP contribution >= 0.6 is 12.2 Å². The molecule has 2 aromatic carbocycles. The molecule has 31 heavy (non-hydrogen) atoms. The zero-order chi connectivity index (χ0) is 22.0. The molecule has 2 N–H and O–H groups in total. The number of aromatic amines is 2. The van der Waals surface area contributed by atoms with Gasteiger partial charge in [-0.2, -0.15) is 13.2 Å². The van der Waals surface area contributed by atoms with Crippen LogP contribution in [-0.2, 0) is 12.6 Å². The van der Waals surface area contributed by atoms with E-state index in [-0.39, 0.29) is 22.7 Å². The number of hydrogen-bond acceptors (Lipinski definition) is 2. The van der Waals surface area contributed by atoms with Crippen molar-refractivity contribution in [3.63, 3.8) is 0 Å². The van der Waals surface area contributed by atoms with Crippen LogP contribution in [0.4, 0.5) is 13.2 Å². The molecule has 0 spiro atoms. The zero-order valence-corrected chi connectivity index (χ0v) is 17.7. The van der Waals surface area contributed by atoms with Crippen molar-refractivity contribution in [3.8, 4) is 0 Å². The molecule has 1 aliphatic rings. The third kappa shape index (κ3) is 4.98. The van der Waals surface area contributed by atoms with E-state index in [1.54, 1.807) is 6.07 Å². The third-order valence-electron chi connectivity index (χ3n) is 6.12. The van der Waals surface area contributed by atoms with Crippen molar-refractivity contribution in [2.75, 3.05) is 0 Å². The largest absolute Gasteiger partial charge is 0.416 e. The molecule has 1 aromatic heterocycles. The molecule has 3 aromatic rings. The van der Waals surface area contributed by atoms with Gasteiger partial charge in [0.25, 0.3) is 5.56 Å². The molecule has 0 atom stereocenters. The summed E-state index contributed by atoms with van der Waals surface area (Å²) < 4.78 is 39.5. The van der Waals surface area contributed by atoms with Crippen LogP contribution in [0.25, 0.3) is 0 Å². The molecular weight excluding hydrogens is 421 g/mol. The van der Waals surface area contributed by atoms with Crippen molar-refractivity contribution in [1.82, 2.24) is 9.97 Å². The monoisotopic (exact) mass is 444 g/mol. The molecule has 1 fully saturated rings. The lowest BCUT2D eigenvalue weighted by molar-refractivity contribution is -0.137. The van der Waals surface area contributed by atoms with Crippen LogP contribution in [0.15, 0.2) is 59.4 Å². The van der Waals surface area contributed by atoms with Gasteiger partial charge in [-0.3, -0.25) is 9.78 Å². The van der Waals surface area contributed by atoms with Crippen LogP contribution in [0.1, 0.15) is 65.5 Å². The topological polar surface area (TPSA) is 48.6 Å². The lowest BCUT2D eigenvalue weighted by Gasteiger charge is -2.29. The first-order chi connectivity index (χ1) is 14.8. The SMILES string of the molecule is O=c1[nH]c(=S)[nH]c([C@H]2CC[C@H](c3ccccc3)CC2)c1Cc1cccc(C(F)(F)F)c1. The van der Waals surface area contributed by atoms with Crippen molar-refractivity contribution >= 4 is 12.2 Å². The van der Waals surface area contributed by atoms with E-state index >= 15 is 0 Å². The minimum atomic E-state index is -4.42. The minimum Gasteiger partial charge on any atom is -0.335 e. The number of aromatic nitrogens is 2. The van der Waals surface area contributed by atoms with Crippen molar-refractivity contribution < 1.29 is 13.2 Å². The lowest BCUT2D eigenvalue weighted by atomic mass is 9.76. The van der Waals surface area contributed by atoms with Crippen LogP contribution in [-0.4, -0.2) is 9.97 Å². The maximum Gasteiger partial charge on any atom is 0.416 e. The summed E-state index contributed by atoms with van der Waals surface area (Å²) in [5, 5.41) is 0. The van der Waals surface area contributed by atoms with Crippen LogP contribution in [0.5, 0.6) is 0 Å². The van der Waals surface area contributed by atoms with Gasteiger partial charge in [0.2, 0.25) is 0 Å². The predicted molar refractivity (Wildman–Crippen MR) is 117 cm³/mol. The highest BCUT2D eigenvalue weighted by Crippen LogP contribution is 2.40. The molecule has 0 bridgehead atoms. The average Bonchev–Trinajstić information content (AvgIpc) is 2.76. The molecule has 0 unspecified atom stereocenters. The van der Waals surface area contributed by atoms with Gasteiger partial charge in [-0.05, 0) is 66.9 Å². The summed E-state index contributed by atoms with van der Waals surface area (Å²) >= 11 is 5.19. The van der Waals surface area contributed by atoms with E-state index in [0.717, 1.165) is 43.5 Å². The summed E-state index contributed by atoms with van der Waals surface area (Å²) in [5.74, 6) is 0.610. The highest BCUT2D eigenvalue weighted by molar-refractivity contribution is 7.71. The minimum absolute atomic E-state index is 0.124. The van der Waals surface area contributed by atoms with Gasteiger partial charge in [0.05, 0.1) is 5.56 Å². The summed E-state index contributed by atoms with van der Waals surface area (Å²) in [5.41, 5.74) is 1.96. The predicted octanol–water partition coefficient (Wildman–Crippen LogP) is 6.48. The molecule has 0 amide bonds. The molecule has 1 saturated carbocycles. The molecule has 0 aliphatic heterocycles. The maximum atomic E-state index is 13.1. The number of rotatable bonds is 4. The van der Waals surface area contributed by atoms with Gasteiger partial charge in [-0.1, -0.05) is 48.5 Å². The van der Waals surface area contributed by atoms with Gasteiger partial charge in [0.15, 0.2) is 4.77 Å². The Morgan fingerprint density at radius 3 is 2.26 bits per heavy atom. The number of halogens is 3. The Bertz CT molecular complexity index is 1160. The van der Waals surface area contributed by atoms with Crippen molar-refractivity contribution in [3.05, 3.63) is 97.7 Å². The van der Waals surface area contributed by atoms with Crippen molar-refractivity contribution in [2.24, 2.45) is 0 Å². The average molecular weight is 445 g/mol. The normalized spacial score (nSPS) is 19.3. The fourth-order valence-electron chi connectivity index (χ4n) is 4.56. The van der Waals surface area contributed by atoms with Crippen molar-refractivity contribution in [1.29, 1.82) is 0 Å². The second-order valence-corrected chi connectivity index (χ2v) is 8.54. The van der Waals surface area contributed by atoms with E-state index in [4.69, 9.17) is 12.2 Å². The van der Waals surface area contributed by atoms with Gasteiger partial charge in [0.1, 0.15) is 0 Å². The number of alkyl halides is 3. The summed E-state index contributed by atoms with van der Waals surface area (Å²) in [4.78, 5) is 18.5. The summed E-state index contributed by atoms with van der Waals surface area (Å²) in [6.07, 6.45) is -0.527. The Morgan fingerprint density at radius 1 is 0.903 bits per heavy atom. The van der Waals surface area contributed by atoms with E-state index in [1.165, 1.54) is 11.6 Å². The smallest absolute Gasteiger partial charge is 0.335 e. The Labute approximate surface area is 183 Å². The van der Waals surface area contributed by atoms with Crippen molar-refractivity contribution in [2.45, 2.75) is 50.1 Å². The van der Waals surface area contributed by atoms with Gasteiger partial charge in [-0.15, -0.1) is 0 Å². The first-order valence-corrected chi connectivity index (χ1v) is 10.8.